The van der Waals surface area contributed by atoms with Gasteiger partial charge < -0.3 is 16.4 Å². The van der Waals surface area contributed by atoms with Crippen molar-refractivity contribution in [1.82, 2.24) is 29.9 Å². The van der Waals surface area contributed by atoms with E-state index in [1.165, 1.54) is 34.9 Å². The van der Waals surface area contributed by atoms with Crippen LogP contribution in [-0.4, -0.2) is 37.0 Å². The summed E-state index contributed by atoms with van der Waals surface area (Å²) in [4.78, 5) is 14.0. The molecule has 9 nitrogen and oxygen atoms in total. The summed E-state index contributed by atoms with van der Waals surface area (Å²) in [6.45, 7) is 0.692. The Labute approximate surface area is 211 Å². The number of nitrogens with one attached hydrogen (secondary N) is 2. The fourth-order valence-corrected chi connectivity index (χ4v) is 5.26. The molecule has 0 aliphatic heterocycles. The number of aryl methyl sites for hydroxylation is 2. The summed E-state index contributed by atoms with van der Waals surface area (Å²) in [5.41, 5.74) is 7.49. The molecule has 186 valence electrons. The predicted octanol–water partition coefficient (Wildman–Crippen LogP) is 4.05. The van der Waals surface area contributed by atoms with Crippen LogP contribution in [0.2, 0.25) is 0 Å². The molecule has 3 aromatic heterocycles. The van der Waals surface area contributed by atoms with Gasteiger partial charge in [-0.15, -0.1) is 46.3 Å². The molecule has 2 aliphatic rings. The highest BCUT2D eigenvalue weighted by Gasteiger charge is 2.31. The number of hydrogen-bond donors (Lipinski definition) is 3. The van der Waals surface area contributed by atoms with Crippen LogP contribution in [0.15, 0.2) is 12.4 Å². The first kappa shape index (κ1) is 26.2. The van der Waals surface area contributed by atoms with Gasteiger partial charge in [0.05, 0.1) is 10.6 Å². The van der Waals surface area contributed by atoms with Gasteiger partial charge in [-0.1, -0.05) is 0 Å². The molecule has 3 heterocycles. The van der Waals surface area contributed by atoms with Crippen LogP contribution in [0.3, 0.4) is 0 Å². The SMILES string of the molecule is Cl.Cl.Cn1nc(C(F)F)cc1Nc1nncn1[C@H]1CCc2sc(N)c(C(=O)NCC3CC3)c2C1. The number of carbonyl (C=O) groups excluding carboxylic acids is 1. The molecule has 0 aromatic carbocycles. The zero-order chi connectivity index (χ0) is 22.4. The van der Waals surface area contributed by atoms with E-state index in [2.05, 4.69) is 25.9 Å². The number of hydrogen-bond acceptors (Lipinski definition) is 7. The van der Waals surface area contributed by atoms with Crippen molar-refractivity contribution in [3.63, 3.8) is 0 Å². The third-order valence-electron chi connectivity index (χ3n) is 6.07. The predicted molar refractivity (Wildman–Crippen MR) is 131 cm³/mol. The fourth-order valence-electron chi connectivity index (χ4n) is 4.15. The van der Waals surface area contributed by atoms with Crippen molar-refractivity contribution in [3.8, 4) is 0 Å². The van der Waals surface area contributed by atoms with E-state index in [1.54, 1.807) is 13.4 Å². The lowest BCUT2D eigenvalue weighted by molar-refractivity contribution is 0.0951. The van der Waals surface area contributed by atoms with E-state index in [9.17, 15) is 13.6 Å². The van der Waals surface area contributed by atoms with Crippen LogP contribution in [0.4, 0.5) is 25.5 Å². The number of amides is 1. The number of rotatable bonds is 7. The number of nitrogens with two attached hydrogens (primary N) is 1. The van der Waals surface area contributed by atoms with Gasteiger partial charge in [0, 0.05) is 30.6 Å². The summed E-state index contributed by atoms with van der Waals surface area (Å²) in [6.07, 6.45) is 3.54. The van der Waals surface area contributed by atoms with Gasteiger partial charge in [0.25, 0.3) is 12.3 Å². The van der Waals surface area contributed by atoms with Crippen LogP contribution in [0.5, 0.6) is 0 Å². The molecule has 0 spiro atoms. The molecule has 3 aromatic rings. The van der Waals surface area contributed by atoms with E-state index in [1.807, 2.05) is 4.57 Å². The molecule has 2 aliphatic carbocycles. The molecule has 0 unspecified atom stereocenters. The van der Waals surface area contributed by atoms with Gasteiger partial charge in [0.1, 0.15) is 17.8 Å². The minimum atomic E-state index is -2.65. The quantitative estimate of drug-likeness (QED) is 0.421. The maximum absolute atomic E-state index is 13.0. The van der Waals surface area contributed by atoms with Crippen LogP contribution in [-0.2, 0) is 19.9 Å². The first-order valence-corrected chi connectivity index (χ1v) is 11.4. The highest BCUT2D eigenvalue weighted by atomic mass is 35.5. The van der Waals surface area contributed by atoms with Gasteiger partial charge in [-0.2, -0.15) is 5.10 Å². The lowest BCUT2D eigenvalue weighted by atomic mass is 9.91. The number of anilines is 3. The Hall–Kier alpha value is -2.44. The Morgan fingerprint density at radius 3 is 2.76 bits per heavy atom. The fraction of sp³-hybridized carbons (Fsp3) is 0.500. The van der Waals surface area contributed by atoms with Crippen LogP contribution < -0.4 is 16.4 Å². The molecule has 0 radical (unpaired) electrons. The van der Waals surface area contributed by atoms with E-state index < -0.39 is 6.43 Å². The summed E-state index contributed by atoms with van der Waals surface area (Å²) in [7, 11) is 1.59. The van der Waals surface area contributed by atoms with Gasteiger partial charge in [-0.25, -0.2) is 8.78 Å². The molecule has 1 amide bonds. The molecule has 1 atom stereocenters. The highest BCUT2D eigenvalue weighted by Crippen LogP contribution is 2.40. The van der Waals surface area contributed by atoms with Crippen LogP contribution in [0.1, 0.15) is 58.2 Å². The van der Waals surface area contributed by atoms with Crippen molar-refractivity contribution in [1.29, 1.82) is 0 Å². The molecule has 5 rings (SSSR count). The number of alkyl halides is 2. The maximum Gasteiger partial charge on any atom is 0.282 e. The number of fused-ring (bicyclic) bond motifs is 1. The molecule has 14 heteroatoms. The molecule has 4 N–H and O–H groups in total. The van der Waals surface area contributed by atoms with Crippen molar-refractivity contribution in [2.45, 2.75) is 44.6 Å². The smallest absolute Gasteiger partial charge is 0.282 e. The second-order valence-corrected chi connectivity index (χ2v) is 9.50. The largest absolute Gasteiger partial charge is 0.390 e. The van der Waals surface area contributed by atoms with Gasteiger partial charge in [0.15, 0.2) is 0 Å². The Balaban J connectivity index is 0.00000162. The first-order valence-electron chi connectivity index (χ1n) is 10.6. The second kappa shape index (κ2) is 10.4. The zero-order valence-electron chi connectivity index (χ0n) is 18.3. The summed E-state index contributed by atoms with van der Waals surface area (Å²) in [6, 6.07) is 1.30. The van der Waals surface area contributed by atoms with Gasteiger partial charge in [-0.3, -0.25) is 14.0 Å². The molecule has 0 bridgehead atoms. The van der Waals surface area contributed by atoms with Crippen molar-refractivity contribution in [3.05, 3.63) is 34.1 Å². The van der Waals surface area contributed by atoms with E-state index in [0.29, 0.717) is 41.2 Å². The number of halogens is 4. The monoisotopic (exact) mass is 534 g/mol. The van der Waals surface area contributed by atoms with Crippen molar-refractivity contribution >= 4 is 58.8 Å². The number of carbonyl (C=O) groups is 1. The molecular weight excluding hydrogens is 509 g/mol. The summed E-state index contributed by atoms with van der Waals surface area (Å²) in [5.74, 6) is 1.31. The summed E-state index contributed by atoms with van der Waals surface area (Å²) in [5, 5.41) is 18.6. The number of nitrogens with zero attached hydrogens (tertiary/aromatic N) is 5. The number of aromatic nitrogens is 5. The van der Waals surface area contributed by atoms with Gasteiger partial charge >= 0.3 is 0 Å². The van der Waals surface area contributed by atoms with Crippen molar-refractivity contribution in [2.75, 3.05) is 17.6 Å². The number of thiophene rings is 1. The van der Waals surface area contributed by atoms with Crippen LogP contribution >= 0.6 is 36.2 Å². The summed E-state index contributed by atoms with van der Waals surface area (Å²) < 4.78 is 29.2. The van der Waals surface area contributed by atoms with Gasteiger partial charge in [-0.05, 0) is 43.6 Å². The second-order valence-electron chi connectivity index (χ2n) is 8.36. The Morgan fingerprint density at radius 1 is 1.32 bits per heavy atom. The third kappa shape index (κ3) is 5.13. The minimum Gasteiger partial charge on any atom is -0.390 e. The highest BCUT2D eigenvalue weighted by molar-refractivity contribution is 7.16. The van der Waals surface area contributed by atoms with E-state index in [0.717, 1.165) is 23.3 Å². The standard InChI is InChI=1S/C20H24F2N8OS.2ClH/c1-29-15(7-13(28-29)17(21)22)26-20-27-25-9-30(20)11-4-5-14-12(6-11)16(18(23)32-14)19(31)24-8-10-2-3-10;;/h7,9-11,17H,2-6,8,23H2,1H3,(H,24,31)(H,26,27);2*1H/t11-;;/m0../s1. The Bertz CT molecular complexity index is 1160. The topological polar surface area (TPSA) is 116 Å². The molecule has 0 saturated heterocycles. The summed E-state index contributed by atoms with van der Waals surface area (Å²) >= 11 is 1.49. The number of nitrogen functional groups attached to an aromatic ring is 1. The Morgan fingerprint density at radius 2 is 2.09 bits per heavy atom. The van der Waals surface area contributed by atoms with E-state index >= 15 is 0 Å². The molecule has 34 heavy (non-hydrogen) atoms. The van der Waals surface area contributed by atoms with E-state index in [-0.39, 0.29) is 42.5 Å². The van der Waals surface area contributed by atoms with Crippen molar-refractivity contribution in [2.24, 2.45) is 13.0 Å². The van der Waals surface area contributed by atoms with Crippen LogP contribution in [0, 0.1) is 5.92 Å². The maximum atomic E-state index is 13.0. The normalized spacial score (nSPS) is 17.0. The zero-order valence-corrected chi connectivity index (χ0v) is 20.8. The lowest BCUT2D eigenvalue weighted by Crippen LogP contribution is -2.28. The van der Waals surface area contributed by atoms with Gasteiger partial charge in [0.2, 0.25) is 5.95 Å². The van der Waals surface area contributed by atoms with Crippen LogP contribution in [0.25, 0.3) is 0 Å². The third-order valence-corrected chi connectivity index (χ3v) is 7.19. The molecule has 1 saturated carbocycles. The van der Waals surface area contributed by atoms with Crippen molar-refractivity contribution < 1.29 is 13.6 Å². The average Bonchev–Trinajstić information content (AvgIpc) is 3.19. The van der Waals surface area contributed by atoms with E-state index in [4.69, 9.17) is 5.73 Å². The average molecular weight is 535 g/mol. The lowest BCUT2D eigenvalue weighted by Gasteiger charge is -2.25. The Kier molecular flexibility index (Phi) is 8.04. The minimum absolute atomic E-state index is 0. The molecule has 1 fully saturated rings. The molecular formula is C20H26Cl2F2N8OS. The first-order chi connectivity index (χ1) is 15.4.